The number of pyridine rings is 1. The summed E-state index contributed by atoms with van der Waals surface area (Å²) >= 11 is 6.15. The molecule has 2 heterocycles. The molecule has 1 amide bonds. The minimum atomic E-state index is -1.32. The van der Waals surface area contributed by atoms with E-state index < -0.39 is 11.5 Å². The van der Waals surface area contributed by atoms with Crippen LogP contribution in [0.4, 0.5) is 0 Å². The Bertz CT molecular complexity index is 1350. The van der Waals surface area contributed by atoms with Crippen LogP contribution in [0.2, 0.25) is 5.02 Å². The monoisotopic (exact) mass is 436 g/mol. The first-order chi connectivity index (χ1) is 14.9. The topological polar surface area (TPSA) is 117 Å². The highest BCUT2D eigenvalue weighted by molar-refractivity contribution is 6.31. The number of fused-ring (bicyclic) bond motifs is 1. The third-order valence-electron chi connectivity index (χ3n) is 4.75. The smallest absolute Gasteiger partial charge is 0.341 e. The van der Waals surface area contributed by atoms with Gasteiger partial charge in [0.25, 0.3) is 5.56 Å². The summed E-state index contributed by atoms with van der Waals surface area (Å²) < 4.78 is 1.71. The standard InChI is InChI=1S/C22H17ClN4O4/c23-16-9-14-11-18(22(30)31)21(29)26-20(14)15(10-16)12-24-19(28)8-13-3-1-4-17(7-13)27-6-2-5-25-27/h1-7,9-11H,8,12H2,(H,24,28)(H,26,29)(H,30,31). The number of carboxylic acid groups (broad SMARTS) is 1. The molecule has 8 nitrogen and oxygen atoms in total. The van der Waals surface area contributed by atoms with Crippen LogP contribution in [0.25, 0.3) is 16.6 Å². The lowest BCUT2D eigenvalue weighted by atomic mass is 10.1. The number of hydrogen-bond donors (Lipinski definition) is 3. The van der Waals surface area contributed by atoms with Gasteiger partial charge in [-0.05, 0) is 47.5 Å². The molecule has 0 aliphatic rings. The SMILES string of the molecule is O=C(Cc1cccc(-n2cccn2)c1)NCc1cc(Cl)cc2cc(C(=O)O)c(=O)[nH]c12. The second-order valence-electron chi connectivity index (χ2n) is 6.92. The molecule has 0 unspecified atom stereocenters. The van der Waals surface area contributed by atoms with Crippen LogP contribution in [-0.4, -0.2) is 31.7 Å². The van der Waals surface area contributed by atoms with Crippen molar-refractivity contribution in [2.75, 3.05) is 0 Å². The van der Waals surface area contributed by atoms with Crippen molar-refractivity contribution in [1.29, 1.82) is 0 Å². The van der Waals surface area contributed by atoms with Gasteiger partial charge in [0.2, 0.25) is 5.91 Å². The summed E-state index contributed by atoms with van der Waals surface area (Å²) in [6.07, 6.45) is 3.66. The van der Waals surface area contributed by atoms with Gasteiger partial charge in [0.05, 0.1) is 17.6 Å². The Morgan fingerprint density at radius 3 is 2.74 bits per heavy atom. The highest BCUT2D eigenvalue weighted by Crippen LogP contribution is 2.22. The molecule has 0 fully saturated rings. The lowest BCUT2D eigenvalue weighted by Crippen LogP contribution is -2.25. The molecule has 0 bridgehead atoms. The first kappa shape index (κ1) is 20.4. The van der Waals surface area contributed by atoms with Crippen molar-refractivity contribution in [2.24, 2.45) is 0 Å². The molecule has 2 aromatic carbocycles. The average molecular weight is 437 g/mol. The Kier molecular flexibility index (Phi) is 5.55. The maximum absolute atomic E-state index is 12.5. The van der Waals surface area contributed by atoms with E-state index in [1.165, 1.54) is 6.07 Å². The Labute approximate surface area is 181 Å². The number of carbonyl (C=O) groups is 2. The van der Waals surface area contributed by atoms with Gasteiger partial charge in [0.15, 0.2) is 0 Å². The molecule has 156 valence electrons. The highest BCUT2D eigenvalue weighted by Gasteiger charge is 2.13. The molecule has 2 aromatic heterocycles. The molecular weight excluding hydrogens is 420 g/mol. The second-order valence-corrected chi connectivity index (χ2v) is 7.36. The van der Waals surface area contributed by atoms with Crippen molar-refractivity contribution in [1.82, 2.24) is 20.1 Å². The van der Waals surface area contributed by atoms with Gasteiger partial charge in [0, 0.05) is 29.3 Å². The van der Waals surface area contributed by atoms with Gasteiger partial charge in [-0.2, -0.15) is 5.10 Å². The van der Waals surface area contributed by atoms with Crippen LogP contribution in [0, 0.1) is 0 Å². The minimum absolute atomic E-state index is 0.122. The van der Waals surface area contributed by atoms with Crippen molar-refractivity contribution in [3.8, 4) is 5.69 Å². The highest BCUT2D eigenvalue weighted by atomic mass is 35.5. The summed E-state index contributed by atoms with van der Waals surface area (Å²) in [5.74, 6) is -1.54. The van der Waals surface area contributed by atoms with Gasteiger partial charge >= 0.3 is 5.97 Å². The van der Waals surface area contributed by atoms with E-state index in [1.54, 1.807) is 23.0 Å². The number of aromatic amines is 1. The first-order valence-corrected chi connectivity index (χ1v) is 9.73. The van der Waals surface area contributed by atoms with E-state index in [1.807, 2.05) is 36.5 Å². The number of carbonyl (C=O) groups excluding carboxylic acids is 1. The molecule has 0 saturated heterocycles. The Morgan fingerprint density at radius 2 is 2.00 bits per heavy atom. The minimum Gasteiger partial charge on any atom is -0.477 e. The molecule has 0 spiro atoms. The predicted molar refractivity (Wildman–Crippen MR) is 116 cm³/mol. The van der Waals surface area contributed by atoms with E-state index in [4.69, 9.17) is 16.7 Å². The molecule has 9 heteroatoms. The zero-order valence-electron chi connectivity index (χ0n) is 16.1. The number of carboxylic acids is 1. The van der Waals surface area contributed by atoms with Gasteiger partial charge in [0.1, 0.15) is 5.56 Å². The number of H-pyrrole nitrogens is 1. The van der Waals surface area contributed by atoms with E-state index in [9.17, 15) is 14.4 Å². The van der Waals surface area contributed by atoms with Crippen molar-refractivity contribution in [3.05, 3.63) is 93.0 Å². The Hall–Kier alpha value is -3.91. The maximum atomic E-state index is 12.5. The van der Waals surface area contributed by atoms with Crippen LogP contribution in [0.1, 0.15) is 21.5 Å². The van der Waals surface area contributed by atoms with Crippen LogP contribution >= 0.6 is 11.6 Å². The van der Waals surface area contributed by atoms with Gasteiger partial charge in [-0.3, -0.25) is 9.59 Å². The van der Waals surface area contributed by atoms with Crippen molar-refractivity contribution in [3.63, 3.8) is 0 Å². The van der Waals surface area contributed by atoms with Crippen LogP contribution in [-0.2, 0) is 17.8 Å². The van der Waals surface area contributed by atoms with Gasteiger partial charge in [-0.15, -0.1) is 0 Å². The molecule has 31 heavy (non-hydrogen) atoms. The fourth-order valence-electron chi connectivity index (χ4n) is 3.33. The van der Waals surface area contributed by atoms with Crippen molar-refractivity contribution in [2.45, 2.75) is 13.0 Å². The molecule has 0 aliphatic carbocycles. The number of nitrogens with one attached hydrogen (secondary N) is 2. The summed E-state index contributed by atoms with van der Waals surface area (Å²) in [4.78, 5) is 38.3. The number of hydrogen-bond acceptors (Lipinski definition) is 4. The van der Waals surface area contributed by atoms with E-state index >= 15 is 0 Å². The third-order valence-corrected chi connectivity index (χ3v) is 4.97. The predicted octanol–water partition coefficient (Wildman–Crippen LogP) is 2.92. The third kappa shape index (κ3) is 4.49. The van der Waals surface area contributed by atoms with Gasteiger partial charge < -0.3 is 15.4 Å². The number of benzene rings is 2. The molecule has 3 N–H and O–H groups in total. The molecule has 0 aliphatic heterocycles. The zero-order chi connectivity index (χ0) is 22.0. The van der Waals surface area contributed by atoms with E-state index in [0.717, 1.165) is 11.3 Å². The Morgan fingerprint density at radius 1 is 1.16 bits per heavy atom. The van der Waals surface area contributed by atoms with E-state index in [2.05, 4.69) is 15.4 Å². The van der Waals surface area contributed by atoms with Crippen molar-refractivity contribution >= 4 is 34.4 Å². The molecule has 0 atom stereocenters. The maximum Gasteiger partial charge on any atom is 0.341 e. The average Bonchev–Trinajstić information content (AvgIpc) is 3.27. The van der Waals surface area contributed by atoms with Crippen LogP contribution in [0.5, 0.6) is 0 Å². The fourth-order valence-corrected chi connectivity index (χ4v) is 3.57. The Balaban J connectivity index is 1.52. The lowest BCUT2D eigenvalue weighted by molar-refractivity contribution is -0.120. The quantitative estimate of drug-likeness (QED) is 0.429. The summed E-state index contributed by atoms with van der Waals surface area (Å²) in [7, 11) is 0. The molecule has 4 rings (SSSR count). The van der Waals surface area contributed by atoms with Crippen LogP contribution < -0.4 is 10.9 Å². The second kappa shape index (κ2) is 8.45. The summed E-state index contributed by atoms with van der Waals surface area (Å²) in [5, 5.41) is 17.0. The zero-order valence-corrected chi connectivity index (χ0v) is 16.9. The number of aromatic nitrogens is 3. The van der Waals surface area contributed by atoms with Crippen LogP contribution in [0.3, 0.4) is 0 Å². The number of halogens is 1. The van der Waals surface area contributed by atoms with Gasteiger partial charge in [-0.25, -0.2) is 9.48 Å². The van der Waals surface area contributed by atoms with E-state index in [0.29, 0.717) is 21.5 Å². The number of amides is 1. The van der Waals surface area contributed by atoms with Crippen molar-refractivity contribution < 1.29 is 14.7 Å². The van der Waals surface area contributed by atoms with Gasteiger partial charge in [-0.1, -0.05) is 23.7 Å². The summed E-state index contributed by atoms with van der Waals surface area (Å²) in [6, 6.07) is 13.8. The molecular formula is C22H17ClN4O4. The first-order valence-electron chi connectivity index (χ1n) is 9.35. The number of aromatic carboxylic acids is 1. The van der Waals surface area contributed by atoms with E-state index in [-0.39, 0.29) is 24.4 Å². The molecule has 0 radical (unpaired) electrons. The number of rotatable bonds is 6. The fraction of sp³-hybridized carbons (Fsp3) is 0.0909. The number of nitrogens with zero attached hydrogens (tertiary/aromatic N) is 2. The molecule has 4 aromatic rings. The largest absolute Gasteiger partial charge is 0.477 e. The summed E-state index contributed by atoms with van der Waals surface area (Å²) in [5.41, 5.74) is 1.59. The summed E-state index contributed by atoms with van der Waals surface area (Å²) in [6.45, 7) is 0.122. The molecule has 0 saturated carbocycles. The van der Waals surface area contributed by atoms with Crippen LogP contribution in [0.15, 0.2) is 65.7 Å². The normalized spacial score (nSPS) is 10.9. The lowest BCUT2D eigenvalue weighted by Gasteiger charge is -2.10.